The van der Waals surface area contributed by atoms with Crippen LogP contribution < -0.4 is 5.32 Å². The van der Waals surface area contributed by atoms with Gasteiger partial charge in [-0.15, -0.1) is 0 Å². The summed E-state index contributed by atoms with van der Waals surface area (Å²) in [6.07, 6.45) is 6.13. The molecule has 128 valence electrons. The lowest BCUT2D eigenvalue weighted by molar-refractivity contribution is -0.118. The van der Waals surface area contributed by atoms with Crippen LogP contribution >= 0.6 is 0 Å². The smallest absolute Gasteiger partial charge is 0.247 e. The summed E-state index contributed by atoms with van der Waals surface area (Å²) < 4.78 is 7.15. The lowest BCUT2D eigenvalue weighted by Gasteiger charge is -2.26. The van der Waals surface area contributed by atoms with E-state index < -0.39 is 0 Å². The van der Waals surface area contributed by atoms with Crippen LogP contribution in [0, 0.1) is 0 Å². The molecule has 0 aliphatic carbocycles. The van der Waals surface area contributed by atoms with Crippen LogP contribution in [0.15, 0.2) is 43.0 Å². The van der Waals surface area contributed by atoms with Crippen molar-refractivity contribution in [3.63, 3.8) is 0 Å². The number of ether oxygens (including phenoxy) is 1. The summed E-state index contributed by atoms with van der Waals surface area (Å²) in [4.78, 5) is 18.6. The van der Waals surface area contributed by atoms with Gasteiger partial charge in [0.05, 0.1) is 19.5 Å². The van der Waals surface area contributed by atoms with Crippen LogP contribution in [-0.2, 0) is 16.0 Å². The normalized spacial score (nSPS) is 16.7. The minimum Gasteiger partial charge on any atom is -0.379 e. The fraction of sp³-hybridized carbons (Fsp3) is 0.444. The molecule has 1 aromatic heterocycles. The molecule has 0 bridgehead atoms. The molecule has 1 amide bonds. The molecule has 6 heteroatoms. The van der Waals surface area contributed by atoms with E-state index in [2.05, 4.69) is 27.3 Å². The van der Waals surface area contributed by atoms with Gasteiger partial charge in [-0.1, -0.05) is 12.1 Å². The highest BCUT2D eigenvalue weighted by Gasteiger charge is 2.14. The Hall–Kier alpha value is -2.18. The van der Waals surface area contributed by atoms with Gasteiger partial charge in [0, 0.05) is 37.7 Å². The molecule has 1 saturated heterocycles. The van der Waals surface area contributed by atoms with E-state index in [0.29, 0.717) is 0 Å². The van der Waals surface area contributed by atoms with Crippen LogP contribution in [0.5, 0.6) is 0 Å². The van der Waals surface area contributed by atoms with E-state index in [-0.39, 0.29) is 11.9 Å². The van der Waals surface area contributed by atoms with E-state index in [1.54, 1.807) is 23.3 Å². The maximum absolute atomic E-state index is 12.2. The van der Waals surface area contributed by atoms with E-state index in [1.807, 2.05) is 19.1 Å². The third-order valence-electron chi connectivity index (χ3n) is 4.39. The molecule has 1 N–H and O–H groups in total. The minimum atomic E-state index is -0.284. The van der Waals surface area contributed by atoms with Crippen molar-refractivity contribution in [2.45, 2.75) is 19.4 Å². The SMILES string of the molecule is C[C@@H](C(=O)Nc1ccc(CCN2CCOCC2)cc1)n1ccnc1. The Morgan fingerprint density at radius 2 is 2.04 bits per heavy atom. The van der Waals surface area contributed by atoms with Gasteiger partial charge >= 0.3 is 0 Å². The molecule has 0 spiro atoms. The van der Waals surface area contributed by atoms with Gasteiger partial charge in [-0.2, -0.15) is 0 Å². The summed E-state index contributed by atoms with van der Waals surface area (Å²) in [6.45, 7) is 6.60. The van der Waals surface area contributed by atoms with Gasteiger partial charge in [0.25, 0.3) is 0 Å². The van der Waals surface area contributed by atoms with Crippen molar-refractivity contribution in [1.29, 1.82) is 0 Å². The van der Waals surface area contributed by atoms with Gasteiger partial charge in [0.15, 0.2) is 0 Å². The Balaban J connectivity index is 1.49. The first-order chi connectivity index (χ1) is 11.7. The maximum atomic E-state index is 12.2. The molecular formula is C18H24N4O2. The van der Waals surface area contributed by atoms with Gasteiger partial charge in [-0.05, 0) is 31.0 Å². The molecule has 1 aliphatic heterocycles. The van der Waals surface area contributed by atoms with Gasteiger partial charge in [0.1, 0.15) is 6.04 Å². The second kappa shape index (κ2) is 8.08. The summed E-state index contributed by atoms with van der Waals surface area (Å²) in [6, 6.07) is 7.81. The molecular weight excluding hydrogens is 304 g/mol. The molecule has 3 rings (SSSR count). The lowest BCUT2D eigenvalue weighted by atomic mass is 10.1. The zero-order valence-corrected chi connectivity index (χ0v) is 14.0. The van der Waals surface area contributed by atoms with Crippen LogP contribution in [0.4, 0.5) is 5.69 Å². The number of carbonyl (C=O) groups excluding carboxylic acids is 1. The fourth-order valence-corrected chi connectivity index (χ4v) is 2.75. The first-order valence-corrected chi connectivity index (χ1v) is 8.40. The summed E-state index contributed by atoms with van der Waals surface area (Å²) in [7, 11) is 0. The first kappa shape index (κ1) is 16.7. The van der Waals surface area contributed by atoms with Crippen molar-refractivity contribution >= 4 is 11.6 Å². The number of benzene rings is 1. The van der Waals surface area contributed by atoms with Crippen molar-refractivity contribution in [3.05, 3.63) is 48.5 Å². The number of nitrogens with one attached hydrogen (secondary N) is 1. The van der Waals surface area contributed by atoms with E-state index in [1.165, 1.54) is 5.56 Å². The van der Waals surface area contributed by atoms with Crippen LogP contribution in [0.2, 0.25) is 0 Å². The Bertz CT molecular complexity index is 634. The molecule has 2 heterocycles. The van der Waals surface area contributed by atoms with E-state index in [0.717, 1.165) is 45.0 Å². The van der Waals surface area contributed by atoms with Crippen molar-refractivity contribution in [2.75, 3.05) is 38.2 Å². The van der Waals surface area contributed by atoms with Gasteiger partial charge < -0.3 is 14.6 Å². The molecule has 1 aliphatic rings. The zero-order valence-electron chi connectivity index (χ0n) is 14.0. The molecule has 1 fully saturated rings. The van der Waals surface area contributed by atoms with E-state index in [9.17, 15) is 4.79 Å². The number of hydrogen-bond acceptors (Lipinski definition) is 4. The lowest BCUT2D eigenvalue weighted by Crippen LogP contribution is -2.37. The van der Waals surface area contributed by atoms with Gasteiger partial charge in [-0.25, -0.2) is 4.98 Å². The highest BCUT2D eigenvalue weighted by atomic mass is 16.5. The second-order valence-electron chi connectivity index (χ2n) is 6.08. The second-order valence-corrected chi connectivity index (χ2v) is 6.08. The van der Waals surface area contributed by atoms with Crippen LogP contribution in [0.1, 0.15) is 18.5 Å². The molecule has 24 heavy (non-hydrogen) atoms. The molecule has 2 aromatic rings. The number of morpholine rings is 1. The monoisotopic (exact) mass is 328 g/mol. The number of carbonyl (C=O) groups is 1. The predicted molar refractivity (Wildman–Crippen MR) is 93.0 cm³/mol. The average Bonchev–Trinajstić information content (AvgIpc) is 3.16. The molecule has 0 radical (unpaired) electrons. The molecule has 0 unspecified atom stereocenters. The van der Waals surface area contributed by atoms with Crippen molar-refractivity contribution < 1.29 is 9.53 Å². The van der Waals surface area contributed by atoms with E-state index >= 15 is 0 Å². The number of amides is 1. The fourth-order valence-electron chi connectivity index (χ4n) is 2.75. The predicted octanol–water partition coefficient (Wildman–Crippen LogP) is 1.96. The Labute approximate surface area is 142 Å². The Morgan fingerprint density at radius 1 is 1.29 bits per heavy atom. The van der Waals surface area contributed by atoms with Gasteiger partial charge in [0.2, 0.25) is 5.91 Å². The van der Waals surface area contributed by atoms with Crippen LogP contribution in [0.25, 0.3) is 0 Å². The average molecular weight is 328 g/mol. The first-order valence-electron chi connectivity index (χ1n) is 8.40. The third kappa shape index (κ3) is 4.43. The summed E-state index contributed by atoms with van der Waals surface area (Å²) in [5.74, 6) is -0.0472. The van der Waals surface area contributed by atoms with Crippen LogP contribution in [0.3, 0.4) is 0 Å². The number of hydrogen-bond donors (Lipinski definition) is 1. The van der Waals surface area contributed by atoms with Crippen molar-refractivity contribution in [3.8, 4) is 0 Å². The molecule has 1 atom stereocenters. The summed E-state index contributed by atoms with van der Waals surface area (Å²) in [5.41, 5.74) is 2.10. The topological polar surface area (TPSA) is 59.4 Å². The Kier molecular flexibility index (Phi) is 5.61. The summed E-state index contributed by atoms with van der Waals surface area (Å²) in [5, 5.41) is 2.95. The maximum Gasteiger partial charge on any atom is 0.247 e. The molecule has 0 saturated carbocycles. The number of imidazole rings is 1. The zero-order chi connectivity index (χ0) is 16.8. The quantitative estimate of drug-likeness (QED) is 0.881. The Morgan fingerprint density at radius 3 is 2.71 bits per heavy atom. The largest absolute Gasteiger partial charge is 0.379 e. The van der Waals surface area contributed by atoms with E-state index in [4.69, 9.17) is 4.74 Å². The van der Waals surface area contributed by atoms with Crippen molar-refractivity contribution in [1.82, 2.24) is 14.5 Å². The molecule has 1 aromatic carbocycles. The standard InChI is InChI=1S/C18H24N4O2/c1-15(22-9-7-19-14-22)18(23)20-17-4-2-16(3-5-17)6-8-21-10-12-24-13-11-21/h2-5,7,9,14-15H,6,8,10-13H2,1H3,(H,20,23)/t15-/m0/s1. The number of rotatable bonds is 6. The van der Waals surface area contributed by atoms with Crippen LogP contribution in [-0.4, -0.2) is 53.2 Å². The summed E-state index contributed by atoms with van der Waals surface area (Å²) >= 11 is 0. The number of nitrogens with zero attached hydrogens (tertiary/aromatic N) is 3. The number of anilines is 1. The number of aromatic nitrogens is 2. The van der Waals surface area contributed by atoms with Crippen molar-refractivity contribution in [2.24, 2.45) is 0 Å². The van der Waals surface area contributed by atoms with Gasteiger partial charge in [-0.3, -0.25) is 9.69 Å². The highest BCUT2D eigenvalue weighted by Crippen LogP contribution is 2.14. The third-order valence-corrected chi connectivity index (χ3v) is 4.39. The highest BCUT2D eigenvalue weighted by molar-refractivity contribution is 5.93. The molecule has 6 nitrogen and oxygen atoms in total. The minimum absolute atomic E-state index is 0.0472.